The maximum absolute atomic E-state index is 12.0. The Hall–Kier alpha value is -2.01. The predicted molar refractivity (Wildman–Crippen MR) is 105 cm³/mol. The molecule has 0 bridgehead atoms. The van der Waals surface area contributed by atoms with Gasteiger partial charge in [-0.3, -0.25) is 4.79 Å². The predicted octanol–water partition coefficient (Wildman–Crippen LogP) is 3.39. The van der Waals surface area contributed by atoms with Crippen LogP contribution in [0, 0.1) is 5.92 Å². The number of hydrogen-bond acceptors (Lipinski definition) is 4. The topological polar surface area (TPSA) is 50.8 Å². The Bertz CT molecular complexity index is 613. The Morgan fingerprint density at radius 1 is 1.31 bits per heavy atom. The number of hydrogen-bond donors (Lipinski definition) is 1. The number of ether oxygens (including phenoxy) is 2. The minimum Gasteiger partial charge on any atom is -0.490 e. The van der Waals surface area contributed by atoms with Gasteiger partial charge in [0.2, 0.25) is 0 Å². The number of nitrogens with one attached hydrogen (secondary N) is 1. The zero-order valence-corrected chi connectivity index (χ0v) is 16.5. The lowest BCUT2D eigenvalue weighted by molar-refractivity contribution is -0.135. The first-order chi connectivity index (χ1) is 12.5. The lowest BCUT2D eigenvalue weighted by Gasteiger charge is -2.21. The third kappa shape index (κ3) is 6.06. The molecule has 0 radical (unpaired) electrons. The Labute approximate surface area is 157 Å². The highest BCUT2D eigenvalue weighted by molar-refractivity contribution is 5.80. The van der Waals surface area contributed by atoms with Crippen molar-refractivity contribution in [3.05, 3.63) is 35.9 Å². The van der Waals surface area contributed by atoms with Crippen molar-refractivity contribution in [1.82, 2.24) is 10.2 Å². The molecule has 5 nitrogen and oxygen atoms in total. The molecule has 0 aromatic heterocycles. The van der Waals surface area contributed by atoms with Gasteiger partial charge in [-0.25, -0.2) is 0 Å². The molecule has 2 rings (SSSR count). The molecule has 0 fully saturated rings. The third-order valence-corrected chi connectivity index (χ3v) is 4.54. The molecule has 0 saturated heterocycles. The van der Waals surface area contributed by atoms with Crippen LogP contribution in [0.4, 0.5) is 0 Å². The average molecular weight is 360 g/mol. The van der Waals surface area contributed by atoms with Crippen LogP contribution in [0.3, 0.4) is 0 Å². The van der Waals surface area contributed by atoms with E-state index in [-0.39, 0.29) is 5.91 Å². The molecule has 0 spiro atoms. The number of carbonyl (C=O) groups excluding carboxylic acids is 1. The number of rotatable bonds is 9. The average Bonchev–Trinajstić information content (AvgIpc) is 2.64. The van der Waals surface area contributed by atoms with Gasteiger partial charge < -0.3 is 19.7 Å². The fourth-order valence-corrected chi connectivity index (χ4v) is 3.09. The number of carbonyl (C=O) groups is 1. The van der Waals surface area contributed by atoms with Gasteiger partial charge in [0.05, 0.1) is 6.61 Å². The first-order valence-electron chi connectivity index (χ1n) is 9.50. The largest absolute Gasteiger partial charge is 0.490 e. The van der Waals surface area contributed by atoms with Gasteiger partial charge in [0, 0.05) is 20.6 Å². The van der Waals surface area contributed by atoms with Crippen LogP contribution in [0.1, 0.15) is 38.7 Å². The Morgan fingerprint density at radius 3 is 2.77 bits per heavy atom. The maximum atomic E-state index is 12.0. The quantitative estimate of drug-likeness (QED) is 0.686. The van der Waals surface area contributed by atoms with Crippen LogP contribution in [0.2, 0.25) is 0 Å². The minimum absolute atomic E-state index is 0.0697. The fraction of sp³-hybridized carbons (Fsp3) is 0.571. The number of allylic oxidation sites excluding steroid dienone is 2. The molecule has 0 saturated carbocycles. The van der Waals surface area contributed by atoms with Crippen LogP contribution >= 0.6 is 0 Å². The normalized spacial score (nSPS) is 17.6. The van der Waals surface area contributed by atoms with Crippen molar-refractivity contribution in [2.45, 2.75) is 45.8 Å². The van der Waals surface area contributed by atoms with Gasteiger partial charge in [0.1, 0.15) is 0 Å². The summed E-state index contributed by atoms with van der Waals surface area (Å²) in [7, 11) is 3.45. The smallest absolute Gasteiger partial charge is 0.262 e. The number of benzene rings is 1. The molecular formula is C21H32N2O3. The van der Waals surface area contributed by atoms with Crippen LogP contribution in [-0.4, -0.2) is 44.2 Å². The van der Waals surface area contributed by atoms with Crippen LogP contribution < -0.4 is 14.8 Å². The van der Waals surface area contributed by atoms with Crippen molar-refractivity contribution < 1.29 is 14.3 Å². The van der Waals surface area contributed by atoms with Crippen molar-refractivity contribution in [3.63, 3.8) is 0 Å². The van der Waals surface area contributed by atoms with E-state index in [2.05, 4.69) is 17.5 Å². The number of amides is 1. The highest BCUT2D eigenvalue weighted by Crippen LogP contribution is 2.29. The highest BCUT2D eigenvalue weighted by Gasteiger charge is 2.19. The monoisotopic (exact) mass is 360 g/mol. The molecule has 1 aliphatic carbocycles. The van der Waals surface area contributed by atoms with Crippen molar-refractivity contribution in [2.24, 2.45) is 5.92 Å². The Kier molecular flexibility index (Phi) is 7.98. The Morgan fingerprint density at radius 2 is 2.12 bits per heavy atom. The molecule has 1 aromatic rings. The summed E-state index contributed by atoms with van der Waals surface area (Å²) in [6.07, 6.45) is 7.63. The fourth-order valence-electron chi connectivity index (χ4n) is 3.09. The summed E-state index contributed by atoms with van der Waals surface area (Å²) in [6, 6.07) is 5.92. The second kappa shape index (κ2) is 10.2. The molecule has 26 heavy (non-hydrogen) atoms. The summed E-state index contributed by atoms with van der Waals surface area (Å²) in [6.45, 7) is 6.08. The van der Waals surface area contributed by atoms with Crippen LogP contribution in [0.15, 0.2) is 30.4 Å². The van der Waals surface area contributed by atoms with Gasteiger partial charge in [0.15, 0.2) is 17.6 Å². The SMILES string of the molecule is CCOc1cc(CNCC2CC=CCC2)ccc1OC(C)C(=O)N(C)C. The van der Waals surface area contributed by atoms with E-state index in [0.717, 1.165) is 24.6 Å². The van der Waals surface area contributed by atoms with Crippen molar-refractivity contribution in [2.75, 3.05) is 27.2 Å². The first-order valence-corrected chi connectivity index (χ1v) is 9.50. The maximum Gasteiger partial charge on any atom is 0.262 e. The van der Waals surface area contributed by atoms with E-state index in [1.807, 2.05) is 25.1 Å². The van der Waals surface area contributed by atoms with E-state index in [4.69, 9.17) is 9.47 Å². The van der Waals surface area contributed by atoms with Crippen molar-refractivity contribution in [3.8, 4) is 11.5 Å². The first kappa shape index (κ1) is 20.3. The molecule has 1 aliphatic rings. The minimum atomic E-state index is -0.549. The van der Waals surface area contributed by atoms with Crippen LogP contribution in [-0.2, 0) is 11.3 Å². The third-order valence-electron chi connectivity index (χ3n) is 4.54. The summed E-state index contributed by atoms with van der Waals surface area (Å²) in [4.78, 5) is 13.6. The van der Waals surface area contributed by atoms with Gasteiger partial charge in [-0.15, -0.1) is 0 Å². The second-order valence-electron chi connectivity index (χ2n) is 6.99. The molecule has 1 amide bonds. The molecule has 1 aromatic carbocycles. The molecule has 0 aliphatic heterocycles. The lowest BCUT2D eigenvalue weighted by Crippen LogP contribution is -2.35. The van der Waals surface area contributed by atoms with E-state index in [1.54, 1.807) is 21.0 Å². The van der Waals surface area contributed by atoms with Crippen molar-refractivity contribution in [1.29, 1.82) is 0 Å². The van der Waals surface area contributed by atoms with Gasteiger partial charge in [-0.1, -0.05) is 18.2 Å². The molecular weight excluding hydrogens is 328 g/mol. The second-order valence-corrected chi connectivity index (χ2v) is 6.99. The van der Waals surface area contributed by atoms with E-state index in [9.17, 15) is 4.79 Å². The Balaban J connectivity index is 1.95. The van der Waals surface area contributed by atoms with E-state index < -0.39 is 6.10 Å². The van der Waals surface area contributed by atoms with Gasteiger partial charge in [0.25, 0.3) is 5.91 Å². The molecule has 144 valence electrons. The van der Waals surface area contributed by atoms with Gasteiger partial charge in [-0.2, -0.15) is 0 Å². The molecule has 2 atom stereocenters. The zero-order valence-electron chi connectivity index (χ0n) is 16.5. The van der Waals surface area contributed by atoms with Crippen molar-refractivity contribution >= 4 is 5.91 Å². The van der Waals surface area contributed by atoms with E-state index in [0.29, 0.717) is 18.1 Å². The van der Waals surface area contributed by atoms with E-state index >= 15 is 0 Å². The van der Waals surface area contributed by atoms with Crippen LogP contribution in [0.5, 0.6) is 11.5 Å². The number of likely N-dealkylation sites (N-methyl/N-ethyl adjacent to an activating group) is 1. The van der Waals surface area contributed by atoms with Gasteiger partial charge in [-0.05, 0) is 63.3 Å². The van der Waals surface area contributed by atoms with Crippen LogP contribution in [0.25, 0.3) is 0 Å². The lowest BCUT2D eigenvalue weighted by atomic mass is 9.94. The molecule has 0 heterocycles. The summed E-state index contributed by atoms with van der Waals surface area (Å²) in [5.74, 6) is 1.95. The standard InChI is InChI=1S/C21H32N2O3/c1-5-25-20-13-18(15-22-14-17-9-7-6-8-10-17)11-12-19(20)26-16(2)21(24)23(3)4/h6-7,11-13,16-17,22H,5,8-10,14-15H2,1-4H3. The summed E-state index contributed by atoms with van der Waals surface area (Å²) < 4.78 is 11.6. The van der Waals surface area contributed by atoms with Gasteiger partial charge >= 0.3 is 0 Å². The highest BCUT2D eigenvalue weighted by atomic mass is 16.5. The van der Waals surface area contributed by atoms with E-state index in [1.165, 1.54) is 24.2 Å². The summed E-state index contributed by atoms with van der Waals surface area (Å²) >= 11 is 0. The summed E-state index contributed by atoms with van der Waals surface area (Å²) in [5, 5.41) is 3.54. The summed E-state index contributed by atoms with van der Waals surface area (Å²) in [5.41, 5.74) is 1.15. The number of nitrogens with zero attached hydrogens (tertiary/aromatic N) is 1. The molecule has 2 unspecified atom stereocenters. The molecule has 1 N–H and O–H groups in total. The zero-order chi connectivity index (χ0) is 18.9. The molecule has 5 heteroatoms.